The number of aliphatic hydroxyl groups is 1. The third-order valence-electron chi connectivity index (χ3n) is 2.16. The summed E-state index contributed by atoms with van der Waals surface area (Å²) in [5.74, 6) is 0.0696. The summed E-state index contributed by atoms with van der Waals surface area (Å²) >= 11 is 0. The van der Waals surface area contributed by atoms with Crippen LogP contribution in [0.5, 0.6) is 5.75 Å². The molecule has 4 heteroatoms. The number of ether oxygens (including phenoxy) is 1. The maximum absolute atomic E-state index is 12.7. The van der Waals surface area contributed by atoms with Crippen LogP contribution in [0.2, 0.25) is 0 Å². The molecule has 13 heavy (non-hydrogen) atoms. The zero-order valence-corrected chi connectivity index (χ0v) is 6.90. The minimum atomic E-state index is -0.710. The maximum atomic E-state index is 12.7. The van der Waals surface area contributed by atoms with Crippen molar-refractivity contribution in [2.45, 2.75) is 12.1 Å². The highest BCUT2D eigenvalue weighted by molar-refractivity contribution is 5.38. The van der Waals surface area contributed by atoms with E-state index in [1.807, 2.05) is 0 Å². The largest absolute Gasteiger partial charge is 0.490 e. The van der Waals surface area contributed by atoms with E-state index in [0.29, 0.717) is 11.3 Å². The van der Waals surface area contributed by atoms with Crippen molar-refractivity contribution in [3.63, 3.8) is 0 Å². The zero-order chi connectivity index (χ0) is 9.42. The molecular weight excluding hydrogens is 173 g/mol. The van der Waals surface area contributed by atoms with Crippen LogP contribution >= 0.6 is 0 Å². The predicted molar refractivity (Wildman–Crippen MR) is 44.8 cm³/mol. The summed E-state index contributed by atoms with van der Waals surface area (Å²) in [4.78, 5) is 0. The second-order valence-electron chi connectivity index (χ2n) is 3.09. The summed E-state index contributed by atoms with van der Waals surface area (Å²) in [6.45, 7) is 0.123. The fourth-order valence-corrected chi connectivity index (χ4v) is 1.39. The summed E-state index contributed by atoms with van der Waals surface area (Å²) in [5, 5.41) is 9.35. The molecule has 0 saturated heterocycles. The minimum absolute atomic E-state index is 0.123. The molecule has 0 amide bonds. The Kier molecular flexibility index (Phi) is 1.94. The van der Waals surface area contributed by atoms with Gasteiger partial charge in [0.2, 0.25) is 0 Å². The van der Waals surface area contributed by atoms with E-state index in [4.69, 9.17) is 10.5 Å². The summed E-state index contributed by atoms with van der Waals surface area (Å²) < 4.78 is 17.9. The second kappa shape index (κ2) is 2.97. The van der Waals surface area contributed by atoms with Crippen molar-refractivity contribution in [2.75, 3.05) is 6.61 Å². The Labute approximate surface area is 74.9 Å². The van der Waals surface area contributed by atoms with Gasteiger partial charge in [-0.3, -0.25) is 0 Å². The van der Waals surface area contributed by atoms with Gasteiger partial charge in [0.15, 0.2) is 0 Å². The molecular formula is C9H10FNO2. The first kappa shape index (κ1) is 8.47. The number of hydrogen-bond acceptors (Lipinski definition) is 3. The zero-order valence-electron chi connectivity index (χ0n) is 6.90. The highest BCUT2D eigenvalue weighted by Crippen LogP contribution is 2.30. The molecule has 1 aromatic carbocycles. The molecule has 0 aromatic heterocycles. The number of benzene rings is 1. The van der Waals surface area contributed by atoms with Crippen LogP contribution in [0.25, 0.3) is 0 Å². The molecule has 1 aromatic rings. The van der Waals surface area contributed by atoms with Crippen LogP contribution in [0, 0.1) is 5.82 Å². The van der Waals surface area contributed by atoms with Gasteiger partial charge < -0.3 is 15.6 Å². The van der Waals surface area contributed by atoms with Crippen molar-refractivity contribution < 1.29 is 14.2 Å². The van der Waals surface area contributed by atoms with Crippen molar-refractivity contribution in [3.8, 4) is 5.75 Å². The Hall–Kier alpha value is -1.13. The lowest BCUT2D eigenvalue weighted by Crippen LogP contribution is -2.35. The van der Waals surface area contributed by atoms with Crippen LogP contribution in [-0.4, -0.2) is 17.8 Å². The van der Waals surface area contributed by atoms with Crippen molar-refractivity contribution in [2.24, 2.45) is 5.73 Å². The van der Waals surface area contributed by atoms with Gasteiger partial charge >= 0.3 is 0 Å². The SMILES string of the molecule is NC1c2ccc(F)cc2OCC1O. The van der Waals surface area contributed by atoms with Gasteiger partial charge in [0, 0.05) is 11.6 Å². The maximum Gasteiger partial charge on any atom is 0.127 e. The molecule has 0 radical (unpaired) electrons. The highest BCUT2D eigenvalue weighted by Gasteiger charge is 2.26. The molecule has 2 atom stereocenters. The van der Waals surface area contributed by atoms with Crippen LogP contribution in [-0.2, 0) is 0 Å². The van der Waals surface area contributed by atoms with Crippen LogP contribution in [0.15, 0.2) is 18.2 Å². The lowest BCUT2D eigenvalue weighted by atomic mass is 9.99. The first-order valence-electron chi connectivity index (χ1n) is 4.04. The molecule has 0 fully saturated rings. The minimum Gasteiger partial charge on any atom is -0.490 e. The monoisotopic (exact) mass is 183 g/mol. The van der Waals surface area contributed by atoms with E-state index in [1.54, 1.807) is 0 Å². The van der Waals surface area contributed by atoms with Crippen LogP contribution in [0.3, 0.4) is 0 Å². The van der Waals surface area contributed by atoms with Gasteiger partial charge in [0.05, 0.1) is 6.04 Å². The third-order valence-corrected chi connectivity index (χ3v) is 2.16. The van der Waals surface area contributed by atoms with Crippen LogP contribution < -0.4 is 10.5 Å². The predicted octanol–water partition coefficient (Wildman–Crippen LogP) is 0.579. The normalized spacial score (nSPS) is 26.4. The molecule has 1 heterocycles. The Morgan fingerprint density at radius 2 is 2.31 bits per heavy atom. The number of nitrogens with two attached hydrogens (primary N) is 1. The lowest BCUT2D eigenvalue weighted by Gasteiger charge is -2.27. The summed E-state index contributed by atoms with van der Waals surface area (Å²) in [7, 11) is 0. The molecule has 0 aliphatic carbocycles. The standard InChI is InChI=1S/C9H10FNO2/c10-5-1-2-6-8(3-5)13-4-7(12)9(6)11/h1-3,7,9,12H,4,11H2. The molecule has 3 N–H and O–H groups in total. The lowest BCUT2D eigenvalue weighted by molar-refractivity contribution is 0.0676. The van der Waals surface area contributed by atoms with E-state index in [0.717, 1.165) is 0 Å². The number of rotatable bonds is 0. The van der Waals surface area contributed by atoms with Gasteiger partial charge in [0.1, 0.15) is 24.3 Å². The van der Waals surface area contributed by atoms with E-state index in [9.17, 15) is 9.50 Å². The van der Waals surface area contributed by atoms with Crippen LogP contribution in [0.1, 0.15) is 11.6 Å². The number of aliphatic hydroxyl groups excluding tert-OH is 1. The van der Waals surface area contributed by atoms with E-state index < -0.39 is 12.1 Å². The molecule has 1 aliphatic rings. The number of halogens is 1. The molecule has 0 saturated carbocycles. The molecule has 0 bridgehead atoms. The average Bonchev–Trinajstić information content (AvgIpc) is 2.12. The fourth-order valence-electron chi connectivity index (χ4n) is 1.39. The van der Waals surface area contributed by atoms with Crippen molar-refractivity contribution >= 4 is 0 Å². The number of hydrogen-bond donors (Lipinski definition) is 2. The Balaban J connectivity index is 2.44. The van der Waals surface area contributed by atoms with Crippen molar-refractivity contribution in [1.82, 2.24) is 0 Å². The summed E-state index contributed by atoms with van der Waals surface area (Å²) in [6.07, 6.45) is -0.710. The molecule has 1 aliphatic heterocycles. The van der Waals surface area contributed by atoms with Gasteiger partial charge in [0.25, 0.3) is 0 Å². The second-order valence-corrected chi connectivity index (χ2v) is 3.09. The van der Waals surface area contributed by atoms with E-state index in [-0.39, 0.29) is 12.4 Å². The Morgan fingerprint density at radius 1 is 1.54 bits per heavy atom. The number of fused-ring (bicyclic) bond motifs is 1. The molecule has 2 rings (SSSR count). The smallest absolute Gasteiger partial charge is 0.127 e. The van der Waals surface area contributed by atoms with Gasteiger partial charge in [-0.15, -0.1) is 0 Å². The Morgan fingerprint density at radius 3 is 3.08 bits per heavy atom. The van der Waals surface area contributed by atoms with Crippen molar-refractivity contribution in [3.05, 3.63) is 29.6 Å². The summed E-state index contributed by atoms with van der Waals surface area (Å²) in [6, 6.07) is 3.64. The van der Waals surface area contributed by atoms with E-state index in [1.165, 1.54) is 18.2 Å². The fraction of sp³-hybridized carbons (Fsp3) is 0.333. The van der Waals surface area contributed by atoms with Crippen molar-refractivity contribution in [1.29, 1.82) is 0 Å². The average molecular weight is 183 g/mol. The van der Waals surface area contributed by atoms with E-state index in [2.05, 4.69) is 0 Å². The first-order chi connectivity index (χ1) is 6.18. The molecule has 2 unspecified atom stereocenters. The van der Waals surface area contributed by atoms with Crippen LogP contribution in [0.4, 0.5) is 4.39 Å². The molecule has 0 spiro atoms. The van der Waals surface area contributed by atoms with Gasteiger partial charge in [-0.1, -0.05) is 6.07 Å². The van der Waals surface area contributed by atoms with E-state index >= 15 is 0 Å². The third kappa shape index (κ3) is 1.38. The Bertz CT molecular complexity index is 329. The first-order valence-corrected chi connectivity index (χ1v) is 4.04. The van der Waals surface area contributed by atoms with Gasteiger partial charge in [-0.05, 0) is 6.07 Å². The van der Waals surface area contributed by atoms with Gasteiger partial charge in [-0.25, -0.2) is 4.39 Å². The highest BCUT2D eigenvalue weighted by atomic mass is 19.1. The summed E-state index contributed by atoms with van der Waals surface area (Å²) in [5.41, 5.74) is 6.34. The topological polar surface area (TPSA) is 55.5 Å². The quantitative estimate of drug-likeness (QED) is 0.618. The molecule has 3 nitrogen and oxygen atoms in total. The van der Waals surface area contributed by atoms with Gasteiger partial charge in [-0.2, -0.15) is 0 Å². The molecule has 70 valence electrons.